The molecule has 4 heterocycles. The van der Waals surface area contributed by atoms with Crippen LogP contribution in [0.5, 0.6) is 0 Å². The first-order valence-electron chi connectivity index (χ1n) is 10.8. The Morgan fingerprint density at radius 1 is 1.13 bits per heavy atom. The van der Waals surface area contributed by atoms with Gasteiger partial charge >= 0.3 is 0 Å². The molecule has 1 N–H and O–H groups in total. The molecule has 156 valence electrons. The van der Waals surface area contributed by atoms with Crippen molar-refractivity contribution in [2.45, 2.75) is 36.7 Å². The van der Waals surface area contributed by atoms with E-state index in [9.17, 15) is 4.79 Å². The molecular weight excluding hydrogens is 390 g/mol. The van der Waals surface area contributed by atoms with Crippen molar-refractivity contribution in [2.75, 3.05) is 13.2 Å². The predicted molar refractivity (Wildman–Crippen MR) is 116 cm³/mol. The van der Waals surface area contributed by atoms with Crippen LogP contribution >= 0.6 is 0 Å². The Bertz CT molecular complexity index is 1290. The van der Waals surface area contributed by atoms with E-state index in [1.807, 2.05) is 12.3 Å². The lowest BCUT2D eigenvalue weighted by Gasteiger charge is -2.38. The molecule has 1 saturated carbocycles. The van der Waals surface area contributed by atoms with Crippen molar-refractivity contribution in [3.8, 4) is 0 Å². The van der Waals surface area contributed by atoms with Gasteiger partial charge in [-0.2, -0.15) is 0 Å². The van der Waals surface area contributed by atoms with Gasteiger partial charge in [-0.3, -0.25) is 14.2 Å². The Labute approximate surface area is 179 Å². The second kappa shape index (κ2) is 6.85. The molecule has 1 unspecified atom stereocenters. The summed E-state index contributed by atoms with van der Waals surface area (Å²) < 4.78 is 8.17. The summed E-state index contributed by atoms with van der Waals surface area (Å²) in [6, 6.07) is 10.6. The van der Waals surface area contributed by atoms with Gasteiger partial charge in [-0.05, 0) is 49.4 Å². The van der Waals surface area contributed by atoms with Crippen LogP contribution in [0.4, 0.5) is 0 Å². The Hall–Kier alpha value is -3.32. The standard InChI is InChI=1S/C24H23N5O2/c30-21(18-14-27-22-26-10-11-29(22)15-18)28-16-24(6-2-12-31-24)23(7-8-23)19-4-5-20-17(13-19)3-1-9-25-20/h1,3-5,9-11,13-15H,2,6-8,12,16H2,(H,28,30). The number of carbonyl (C=O) groups is 1. The lowest BCUT2D eigenvalue weighted by Crippen LogP contribution is -2.51. The van der Waals surface area contributed by atoms with Crippen LogP contribution in [0.15, 0.2) is 61.3 Å². The molecule has 0 spiro atoms. The van der Waals surface area contributed by atoms with E-state index in [1.165, 1.54) is 5.56 Å². The smallest absolute Gasteiger partial charge is 0.254 e. The van der Waals surface area contributed by atoms with Crippen LogP contribution in [-0.4, -0.2) is 44.0 Å². The lowest BCUT2D eigenvalue weighted by atomic mass is 9.76. The molecule has 31 heavy (non-hydrogen) atoms. The number of nitrogens with one attached hydrogen (secondary N) is 1. The molecule has 2 aliphatic rings. The van der Waals surface area contributed by atoms with Crippen molar-refractivity contribution >= 4 is 22.6 Å². The maximum Gasteiger partial charge on any atom is 0.254 e. The Morgan fingerprint density at radius 2 is 2.06 bits per heavy atom. The minimum atomic E-state index is -0.384. The SMILES string of the molecule is O=C(NCC1(C2(c3ccc4ncccc4c3)CC2)CCCO1)c1cnc2nccn2c1. The highest BCUT2D eigenvalue weighted by molar-refractivity contribution is 5.93. The van der Waals surface area contributed by atoms with Gasteiger partial charge in [-0.1, -0.05) is 12.1 Å². The van der Waals surface area contributed by atoms with Crippen LogP contribution in [0.2, 0.25) is 0 Å². The second-order valence-corrected chi connectivity index (χ2v) is 8.60. The van der Waals surface area contributed by atoms with Crippen molar-refractivity contribution in [1.82, 2.24) is 24.7 Å². The molecule has 0 radical (unpaired) electrons. The topological polar surface area (TPSA) is 81.4 Å². The summed E-state index contributed by atoms with van der Waals surface area (Å²) >= 11 is 0. The number of nitrogens with zero attached hydrogens (tertiary/aromatic N) is 4. The maximum absolute atomic E-state index is 12.9. The van der Waals surface area contributed by atoms with Crippen molar-refractivity contribution in [3.05, 3.63) is 72.4 Å². The normalized spacial score (nSPS) is 22.1. The zero-order valence-corrected chi connectivity index (χ0v) is 17.1. The van der Waals surface area contributed by atoms with Crippen LogP contribution in [-0.2, 0) is 10.2 Å². The fourth-order valence-electron chi connectivity index (χ4n) is 5.15. The summed E-state index contributed by atoms with van der Waals surface area (Å²) in [5.41, 5.74) is 2.35. The summed E-state index contributed by atoms with van der Waals surface area (Å²) in [6.45, 7) is 1.22. The van der Waals surface area contributed by atoms with E-state index >= 15 is 0 Å². The van der Waals surface area contributed by atoms with Crippen LogP contribution in [0.25, 0.3) is 16.7 Å². The summed E-state index contributed by atoms with van der Waals surface area (Å²) in [5.74, 6) is 0.436. The zero-order valence-electron chi connectivity index (χ0n) is 17.1. The largest absolute Gasteiger partial charge is 0.372 e. The summed E-state index contributed by atoms with van der Waals surface area (Å²) in [5, 5.41) is 4.28. The molecule has 3 aromatic heterocycles. The Morgan fingerprint density at radius 3 is 2.90 bits per heavy atom. The van der Waals surface area contributed by atoms with E-state index in [0.717, 1.165) is 43.2 Å². The van der Waals surface area contributed by atoms with E-state index in [0.29, 0.717) is 17.9 Å². The van der Waals surface area contributed by atoms with Gasteiger partial charge in [-0.25, -0.2) is 9.97 Å². The van der Waals surface area contributed by atoms with Gasteiger partial charge in [0.2, 0.25) is 5.78 Å². The van der Waals surface area contributed by atoms with Crippen molar-refractivity contribution < 1.29 is 9.53 Å². The van der Waals surface area contributed by atoms with Gasteiger partial charge in [0.1, 0.15) is 0 Å². The lowest BCUT2D eigenvalue weighted by molar-refractivity contribution is -0.0264. The monoisotopic (exact) mass is 413 g/mol. The Kier molecular flexibility index (Phi) is 4.08. The number of pyridine rings is 1. The van der Waals surface area contributed by atoms with E-state index in [4.69, 9.17) is 4.74 Å². The maximum atomic E-state index is 12.9. The zero-order chi connectivity index (χ0) is 20.9. The van der Waals surface area contributed by atoms with Crippen LogP contribution in [0, 0.1) is 0 Å². The van der Waals surface area contributed by atoms with Crippen molar-refractivity contribution in [1.29, 1.82) is 0 Å². The number of fused-ring (bicyclic) bond motifs is 2. The molecule has 1 aliphatic carbocycles. The molecule has 1 atom stereocenters. The molecule has 1 saturated heterocycles. The Balaban J connectivity index is 1.28. The summed E-state index contributed by atoms with van der Waals surface area (Å²) in [6.07, 6.45) is 12.7. The van der Waals surface area contributed by atoms with E-state index < -0.39 is 0 Å². The van der Waals surface area contributed by atoms with Gasteiger partial charge in [0.15, 0.2) is 0 Å². The molecule has 2 fully saturated rings. The average molecular weight is 413 g/mol. The molecule has 1 amide bonds. The molecule has 7 nitrogen and oxygen atoms in total. The van der Waals surface area contributed by atoms with Crippen LogP contribution in [0.3, 0.4) is 0 Å². The molecular formula is C24H23N5O2. The average Bonchev–Trinajstić information content (AvgIpc) is 3.26. The second-order valence-electron chi connectivity index (χ2n) is 8.60. The van der Waals surface area contributed by atoms with E-state index in [2.05, 4.69) is 44.5 Å². The van der Waals surface area contributed by atoms with Gasteiger partial charge in [0.25, 0.3) is 5.91 Å². The van der Waals surface area contributed by atoms with Gasteiger partial charge in [0, 0.05) is 54.9 Å². The molecule has 1 aromatic carbocycles. The van der Waals surface area contributed by atoms with Crippen LogP contribution in [0.1, 0.15) is 41.6 Å². The highest BCUT2D eigenvalue weighted by atomic mass is 16.5. The number of rotatable bonds is 5. The number of imidazole rings is 1. The summed E-state index contributed by atoms with van der Waals surface area (Å²) in [7, 11) is 0. The minimum Gasteiger partial charge on any atom is -0.372 e. The number of ether oxygens (including phenoxy) is 1. The fourth-order valence-corrected chi connectivity index (χ4v) is 5.15. The van der Waals surface area contributed by atoms with Crippen LogP contribution < -0.4 is 5.32 Å². The number of hydrogen-bond acceptors (Lipinski definition) is 5. The molecule has 0 bridgehead atoms. The first-order valence-corrected chi connectivity index (χ1v) is 10.8. The third-order valence-electron chi connectivity index (χ3n) is 6.92. The molecule has 6 rings (SSSR count). The number of carbonyl (C=O) groups excluding carboxylic acids is 1. The molecule has 1 aliphatic heterocycles. The highest BCUT2D eigenvalue weighted by Gasteiger charge is 2.62. The number of aromatic nitrogens is 4. The molecule has 4 aromatic rings. The third kappa shape index (κ3) is 2.91. The molecule has 7 heteroatoms. The van der Waals surface area contributed by atoms with Crippen molar-refractivity contribution in [3.63, 3.8) is 0 Å². The number of hydrogen-bond donors (Lipinski definition) is 1. The quantitative estimate of drug-likeness (QED) is 0.543. The van der Waals surface area contributed by atoms with Gasteiger partial charge in [-0.15, -0.1) is 0 Å². The number of amides is 1. The summed E-state index contributed by atoms with van der Waals surface area (Å²) in [4.78, 5) is 25.8. The highest BCUT2D eigenvalue weighted by Crippen LogP contribution is 2.60. The van der Waals surface area contributed by atoms with E-state index in [-0.39, 0.29) is 16.9 Å². The van der Waals surface area contributed by atoms with Gasteiger partial charge in [0.05, 0.1) is 16.7 Å². The predicted octanol–water partition coefficient (Wildman–Crippen LogP) is 3.29. The minimum absolute atomic E-state index is 0.0621. The number of benzene rings is 1. The third-order valence-corrected chi connectivity index (χ3v) is 6.92. The first kappa shape index (κ1) is 18.4. The van der Waals surface area contributed by atoms with Gasteiger partial charge < -0.3 is 10.1 Å². The fraction of sp³-hybridized carbons (Fsp3) is 0.333. The first-order chi connectivity index (χ1) is 15.2. The van der Waals surface area contributed by atoms with E-state index in [1.54, 1.807) is 29.2 Å². The van der Waals surface area contributed by atoms with Crippen molar-refractivity contribution in [2.24, 2.45) is 0 Å².